The van der Waals surface area contributed by atoms with Crippen LogP contribution in [0.2, 0.25) is 0 Å². The third-order valence-corrected chi connectivity index (χ3v) is 1.59. The minimum absolute atomic E-state index is 0. The van der Waals surface area contributed by atoms with Gasteiger partial charge in [0, 0.05) is 0 Å². The van der Waals surface area contributed by atoms with E-state index in [-0.39, 0.29) is 122 Å². The Hall–Kier alpha value is 2.30. The van der Waals surface area contributed by atoms with Crippen LogP contribution in [0.15, 0.2) is 18.7 Å². The predicted octanol–water partition coefficient (Wildman–Crippen LogP) is -20.6. The van der Waals surface area contributed by atoms with Gasteiger partial charge in [-0.3, -0.25) is 0 Å². The SMILES string of the molecule is CCCCn1cc[n+](C)c1.[Al+3].[Al+3].[Cl-].[Cl-].[Cl-].[Cl-].[Cl-].[Cl-].[Cl-]. The van der Waals surface area contributed by atoms with Crippen molar-refractivity contribution in [3.05, 3.63) is 18.7 Å². The Bertz CT molecular complexity index is 217. The first kappa shape index (κ1) is 58.0. The van der Waals surface area contributed by atoms with Crippen LogP contribution >= 0.6 is 0 Å². The van der Waals surface area contributed by atoms with Crippen molar-refractivity contribution in [1.82, 2.24) is 4.57 Å². The quantitative estimate of drug-likeness (QED) is 0.326. The van der Waals surface area contributed by atoms with Crippen molar-refractivity contribution < 1.29 is 91.4 Å². The van der Waals surface area contributed by atoms with E-state index in [0.717, 1.165) is 6.54 Å². The third kappa shape index (κ3) is 29.0. The Balaban J connectivity index is -0.0000000159. The summed E-state index contributed by atoms with van der Waals surface area (Å²) < 4.78 is 4.28. The van der Waals surface area contributed by atoms with Crippen LogP contribution in [-0.2, 0) is 13.6 Å². The molecule has 0 radical (unpaired) electrons. The Morgan fingerprint density at radius 3 is 1.58 bits per heavy atom. The Morgan fingerprint density at radius 1 is 0.895 bits per heavy atom. The van der Waals surface area contributed by atoms with Crippen molar-refractivity contribution in [2.75, 3.05) is 0 Å². The molecule has 0 aliphatic heterocycles. The summed E-state index contributed by atoms with van der Waals surface area (Å²) in [6.07, 6.45) is 8.82. The number of aryl methyl sites for hydroxylation is 2. The molecule has 0 fully saturated rings. The van der Waals surface area contributed by atoms with Crippen LogP contribution < -0.4 is 91.4 Å². The zero-order valence-electron chi connectivity index (χ0n) is 10.5. The van der Waals surface area contributed by atoms with Crippen LogP contribution in [-0.4, -0.2) is 39.3 Å². The Kier molecular flexibility index (Phi) is 113. The maximum absolute atomic E-state index is 2.21. The molecule has 1 heterocycles. The molecule has 0 saturated carbocycles. The number of hydrogen-bond donors (Lipinski definition) is 0. The molecule has 0 spiro atoms. The van der Waals surface area contributed by atoms with Crippen LogP contribution in [0.25, 0.3) is 0 Å². The summed E-state index contributed by atoms with van der Waals surface area (Å²) in [5.41, 5.74) is 0. The number of imidazole rings is 1. The van der Waals surface area contributed by atoms with Gasteiger partial charge < -0.3 is 86.8 Å². The van der Waals surface area contributed by atoms with Crippen LogP contribution in [0.3, 0.4) is 0 Å². The van der Waals surface area contributed by atoms with E-state index in [2.05, 4.69) is 34.8 Å². The second kappa shape index (κ2) is 37.0. The van der Waals surface area contributed by atoms with E-state index in [1.54, 1.807) is 0 Å². The summed E-state index contributed by atoms with van der Waals surface area (Å²) in [7, 11) is 2.04. The van der Waals surface area contributed by atoms with E-state index in [0.29, 0.717) is 0 Å². The van der Waals surface area contributed by atoms with Gasteiger partial charge in [-0.1, -0.05) is 13.3 Å². The van der Waals surface area contributed by atoms with E-state index in [4.69, 9.17) is 0 Å². The summed E-state index contributed by atoms with van der Waals surface area (Å²) in [4.78, 5) is 0. The fourth-order valence-corrected chi connectivity index (χ4v) is 0.975. The molecule has 1 aromatic heterocycles. The van der Waals surface area contributed by atoms with Crippen LogP contribution in [0.1, 0.15) is 19.8 Å². The monoisotopic (exact) mass is 438 g/mol. The molecule has 2 nitrogen and oxygen atoms in total. The summed E-state index contributed by atoms with van der Waals surface area (Å²) in [6.45, 7) is 3.36. The second-order valence-electron chi connectivity index (χ2n) is 2.67. The maximum Gasteiger partial charge on any atom is 3.00 e. The van der Waals surface area contributed by atoms with E-state index in [1.165, 1.54) is 12.8 Å². The Labute approximate surface area is 181 Å². The second-order valence-corrected chi connectivity index (χ2v) is 2.67. The molecule has 0 bridgehead atoms. The average Bonchev–Trinajstić information content (AvgIpc) is 2.31. The normalized spacial score (nSPS) is 5.37. The zero-order chi connectivity index (χ0) is 7.40. The minimum atomic E-state index is 0. The number of rotatable bonds is 3. The van der Waals surface area contributed by atoms with Gasteiger partial charge in [0.25, 0.3) is 0 Å². The van der Waals surface area contributed by atoms with Gasteiger partial charge in [0.2, 0.25) is 6.33 Å². The molecule has 0 unspecified atom stereocenters. The van der Waals surface area contributed by atoms with Gasteiger partial charge in [0.1, 0.15) is 12.4 Å². The molecule has 1 rings (SSSR count). The van der Waals surface area contributed by atoms with Crippen molar-refractivity contribution in [3.63, 3.8) is 0 Å². The van der Waals surface area contributed by atoms with Gasteiger partial charge in [-0.25, -0.2) is 9.13 Å². The van der Waals surface area contributed by atoms with Crippen molar-refractivity contribution >= 4 is 34.7 Å². The molecule has 0 amide bonds. The molecule has 112 valence electrons. The third-order valence-electron chi connectivity index (χ3n) is 1.59. The van der Waals surface area contributed by atoms with Gasteiger partial charge in [-0.15, -0.1) is 0 Å². The topological polar surface area (TPSA) is 8.81 Å². The first-order valence-electron chi connectivity index (χ1n) is 3.84. The van der Waals surface area contributed by atoms with Crippen molar-refractivity contribution in [2.45, 2.75) is 26.3 Å². The molecule has 0 aromatic carbocycles. The van der Waals surface area contributed by atoms with E-state index in [1.807, 2.05) is 7.05 Å². The average molecular weight is 441 g/mol. The van der Waals surface area contributed by atoms with E-state index < -0.39 is 0 Å². The predicted molar refractivity (Wildman–Crippen MR) is 52.0 cm³/mol. The summed E-state index contributed by atoms with van der Waals surface area (Å²) in [5, 5.41) is 0. The van der Waals surface area contributed by atoms with Gasteiger partial charge in [-0.2, -0.15) is 0 Å². The van der Waals surface area contributed by atoms with Crippen LogP contribution in [0.4, 0.5) is 0 Å². The molecule has 0 atom stereocenters. The van der Waals surface area contributed by atoms with Gasteiger partial charge in [0.15, 0.2) is 0 Å². The first-order valence-corrected chi connectivity index (χ1v) is 3.84. The van der Waals surface area contributed by atoms with Crippen LogP contribution in [0.5, 0.6) is 0 Å². The molecule has 19 heavy (non-hydrogen) atoms. The van der Waals surface area contributed by atoms with Gasteiger partial charge in [-0.05, 0) is 6.42 Å². The summed E-state index contributed by atoms with van der Waals surface area (Å²) >= 11 is 0. The summed E-state index contributed by atoms with van der Waals surface area (Å²) in [6, 6.07) is 0. The fraction of sp³-hybridized carbons (Fsp3) is 0.625. The number of nitrogens with zero attached hydrogens (tertiary/aromatic N) is 2. The van der Waals surface area contributed by atoms with Gasteiger partial charge >= 0.3 is 34.7 Å². The molecule has 0 aliphatic rings. The Morgan fingerprint density at radius 2 is 1.32 bits per heavy atom. The zero-order valence-corrected chi connectivity index (χ0v) is 18.1. The molecule has 1 aromatic rings. The minimum Gasteiger partial charge on any atom is -1.00 e. The standard InChI is InChI=1S/C8H15N2.2Al.7ClH/c1-3-4-5-10-7-6-9(2)8-10;;;;;;;;;/h6-8H,3-5H2,1-2H3;;;7*1H/q+1;2*+3;;;;;;;/p-7. The molecular formula is C8H15Al2Cl7N2. The smallest absolute Gasteiger partial charge is 1.00 e. The molecular weight excluding hydrogens is 426 g/mol. The molecule has 0 aliphatic carbocycles. The van der Waals surface area contributed by atoms with Crippen LogP contribution in [0, 0.1) is 0 Å². The van der Waals surface area contributed by atoms with E-state index in [9.17, 15) is 0 Å². The number of halogens is 7. The van der Waals surface area contributed by atoms with Crippen molar-refractivity contribution in [2.24, 2.45) is 7.05 Å². The molecule has 0 saturated heterocycles. The van der Waals surface area contributed by atoms with Crippen molar-refractivity contribution in [1.29, 1.82) is 0 Å². The molecule has 0 N–H and O–H groups in total. The van der Waals surface area contributed by atoms with Gasteiger partial charge in [0.05, 0.1) is 13.6 Å². The van der Waals surface area contributed by atoms with Crippen molar-refractivity contribution in [3.8, 4) is 0 Å². The summed E-state index contributed by atoms with van der Waals surface area (Å²) in [5.74, 6) is 0. The fourth-order valence-electron chi connectivity index (χ4n) is 0.975. The van der Waals surface area contributed by atoms with E-state index >= 15 is 0 Å². The maximum atomic E-state index is 2.21. The molecule has 11 heteroatoms. The number of aromatic nitrogens is 2. The largest absolute Gasteiger partial charge is 3.00 e. The number of unbranched alkanes of at least 4 members (excludes halogenated alkanes) is 1. The first-order chi connectivity index (χ1) is 4.83. The number of hydrogen-bond acceptors (Lipinski definition) is 0.